The van der Waals surface area contributed by atoms with Gasteiger partial charge in [0.1, 0.15) is 5.75 Å². The van der Waals surface area contributed by atoms with Crippen molar-refractivity contribution in [2.45, 2.75) is 12.3 Å². The van der Waals surface area contributed by atoms with Crippen molar-refractivity contribution in [3.8, 4) is 11.1 Å². The fourth-order valence-corrected chi connectivity index (χ4v) is 3.62. The predicted octanol–water partition coefficient (Wildman–Crippen LogP) is 3.31. The van der Waals surface area contributed by atoms with E-state index in [4.69, 9.17) is 0 Å². The van der Waals surface area contributed by atoms with Crippen LogP contribution < -0.4 is 5.32 Å². The summed E-state index contributed by atoms with van der Waals surface area (Å²) in [5, 5.41) is 2.77. The van der Waals surface area contributed by atoms with Crippen LogP contribution >= 0.6 is 0 Å². The molecule has 0 spiro atoms. The smallest absolute Gasteiger partial charge is 0.232 e. The molecular weight excluding hydrogens is 344 g/mol. The summed E-state index contributed by atoms with van der Waals surface area (Å²) in [6.07, 6.45) is 3.38. The molecule has 1 heterocycles. The van der Waals surface area contributed by atoms with Gasteiger partial charge in [-0.15, -0.1) is 0 Å². The van der Waals surface area contributed by atoms with Gasteiger partial charge in [-0.1, -0.05) is 60.7 Å². The lowest BCUT2D eigenvalue weighted by Crippen LogP contribution is -2.28. The van der Waals surface area contributed by atoms with Crippen molar-refractivity contribution in [2.24, 2.45) is 0 Å². The molecule has 0 aliphatic carbocycles. The third-order valence-corrected chi connectivity index (χ3v) is 5.13. The second-order valence-corrected chi connectivity index (χ2v) is 7.39. The predicted molar refractivity (Wildman–Crippen MR) is 105 cm³/mol. The van der Waals surface area contributed by atoms with Gasteiger partial charge < -0.3 is 5.32 Å². The van der Waals surface area contributed by atoms with Gasteiger partial charge in [0, 0.05) is 35.5 Å². The summed E-state index contributed by atoms with van der Waals surface area (Å²) in [6, 6.07) is 21.8. The van der Waals surface area contributed by atoms with Crippen molar-refractivity contribution >= 4 is 16.7 Å². The first-order chi connectivity index (χ1) is 12.7. The first-order valence-electron chi connectivity index (χ1n) is 8.35. The average Bonchev–Trinajstić information content (AvgIpc) is 2.68. The molecule has 0 saturated carbocycles. The van der Waals surface area contributed by atoms with E-state index in [2.05, 4.69) is 22.4 Å². The molecule has 4 nitrogen and oxygen atoms in total. The van der Waals surface area contributed by atoms with Crippen molar-refractivity contribution in [1.82, 2.24) is 10.3 Å². The van der Waals surface area contributed by atoms with Crippen molar-refractivity contribution in [3.05, 3.63) is 90.3 Å². The fourth-order valence-electron chi connectivity index (χ4n) is 2.56. The molecule has 0 aliphatic rings. The maximum atomic E-state index is 12.2. The molecule has 3 aromatic rings. The highest BCUT2D eigenvalue weighted by Crippen LogP contribution is 2.19. The van der Waals surface area contributed by atoms with E-state index in [0.29, 0.717) is 12.3 Å². The van der Waals surface area contributed by atoms with Gasteiger partial charge in [0.05, 0.1) is 0 Å². The summed E-state index contributed by atoms with van der Waals surface area (Å²) < 4.78 is 12.2. The van der Waals surface area contributed by atoms with Crippen molar-refractivity contribution in [3.63, 3.8) is 0 Å². The standard InChI is InChI=1S/C21H20N2O2S/c24-21(23-14-18-5-4-12-22-13-18)16-26(25)15-17-8-10-20(11-9-17)19-6-2-1-3-7-19/h1-13H,14-16H2,(H,23,24). The third-order valence-electron chi connectivity index (χ3n) is 3.89. The van der Waals surface area contributed by atoms with Crippen molar-refractivity contribution in [2.75, 3.05) is 5.75 Å². The molecule has 0 saturated heterocycles. The number of hydrogen-bond acceptors (Lipinski definition) is 3. The van der Waals surface area contributed by atoms with E-state index in [9.17, 15) is 9.00 Å². The molecular formula is C21H20N2O2S. The van der Waals surface area contributed by atoms with Gasteiger partial charge in [-0.25, -0.2) is 0 Å². The van der Waals surface area contributed by atoms with Gasteiger partial charge in [-0.05, 0) is 28.3 Å². The molecule has 1 unspecified atom stereocenters. The van der Waals surface area contributed by atoms with E-state index in [1.165, 1.54) is 0 Å². The fraction of sp³-hybridized carbons (Fsp3) is 0.143. The third kappa shape index (κ3) is 5.36. The van der Waals surface area contributed by atoms with Crippen LogP contribution in [0.25, 0.3) is 11.1 Å². The zero-order chi connectivity index (χ0) is 18.2. The Morgan fingerprint density at radius 1 is 0.885 bits per heavy atom. The number of benzene rings is 2. The van der Waals surface area contributed by atoms with E-state index in [0.717, 1.165) is 22.3 Å². The highest BCUT2D eigenvalue weighted by molar-refractivity contribution is 7.84. The van der Waals surface area contributed by atoms with Crippen LogP contribution in [-0.4, -0.2) is 20.9 Å². The lowest BCUT2D eigenvalue weighted by atomic mass is 10.0. The topological polar surface area (TPSA) is 59.1 Å². The monoisotopic (exact) mass is 364 g/mol. The molecule has 0 bridgehead atoms. The number of amides is 1. The summed E-state index contributed by atoms with van der Waals surface area (Å²) in [5.41, 5.74) is 4.15. The summed E-state index contributed by atoms with van der Waals surface area (Å²) in [5.74, 6) is 0.156. The zero-order valence-corrected chi connectivity index (χ0v) is 15.1. The second kappa shape index (κ2) is 9.06. The van der Waals surface area contributed by atoms with Crippen LogP contribution in [0.3, 0.4) is 0 Å². The molecule has 3 rings (SSSR count). The minimum absolute atomic E-state index is 0.000693. The highest BCUT2D eigenvalue weighted by Gasteiger charge is 2.09. The number of nitrogens with one attached hydrogen (secondary N) is 1. The Morgan fingerprint density at radius 2 is 1.62 bits per heavy atom. The minimum Gasteiger partial charge on any atom is -0.351 e. The second-order valence-electron chi connectivity index (χ2n) is 5.93. The van der Waals surface area contributed by atoms with Gasteiger partial charge in [-0.2, -0.15) is 0 Å². The van der Waals surface area contributed by atoms with Gasteiger partial charge in [-0.3, -0.25) is 14.0 Å². The number of pyridine rings is 1. The molecule has 0 radical (unpaired) electrons. The van der Waals surface area contributed by atoms with Crippen molar-refractivity contribution in [1.29, 1.82) is 0 Å². The quantitative estimate of drug-likeness (QED) is 0.700. The lowest BCUT2D eigenvalue weighted by molar-refractivity contribution is -0.118. The maximum absolute atomic E-state index is 12.2. The summed E-state index contributed by atoms with van der Waals surface area (Å²) in [6.45, 7) is 0.398. The first kappa shape index (κ1) is 18.0. The average molecular weight is 364 g/mol. The Hall–Kier alpha value is -2.79. The summed E-state index contributed by atoms with van der Waals surface area (Å²) in [7, 11) is -1.24. The van der Waals surface area contributed by atoms with Crippen LogP contribution in [0, 0.1) is 0 Å². The van der Waals surface area contributed by atoms with Gasteiger partial charge in [0.2, 0.25) is 5.91 Å². The number of carbonyl (C=O) groups excluding carboxylic acids is 1. The molecule has 132 valence electrons. The van der Waals surface area contributed by atoms with E-state index in [1.54, 1.807) is 12.4 Å². The molecule has 1 amide bonds. The van der Waals surface area contributed by atoms with Gasteiger partial charge in [0.15, 0.2) is 0 Å². The molecule has 0 fully saturated rings. The van der Waals surface area contributed by atoms with E-state index < -0.39 is 10.8 Å². The molecule has 5 heteroatoms. The Bertz CT molecular complexity index is 866. The normalized spacial score (nSPS) is 11.7. The number of nitrogens with zero attached hydrogens (tertiary/aromatic N) is 1. The molecule has 26 heavy (non-hydrogen) atoms. The maximum Gasteiger partial charge on any atom is 0.232 e. The van der Waals surface area contributed by atoms with E-state index >= 15 is 0 Å². The Labute approximate surface area is 155 Å². The Kier molecular flexibility index (Phi) is 6.28. The minimum atomic E-state index is -1.24. The van der Waals surface area contributed by atoms with Crippen LogP contribution in [0.1, 0.15) is 11.1 Å². The van der Waals surface area contributed by atoms with Crippen LogP contribution in [0.15, 0.2) is 79.1 Å². The number of aromatic nitrogens is 1. The molecule has 1 aromatic heterocycles. The Morgan fingerprint density at radius 3 is 2.31 bits per heavy atom. The SMILES string of the molecule is O=C(CS(=O)Cc1ccc(-c2ccccc2)cc1)NCc1cccnc1. The molecule has 2 aromatic carbocycles. The van der Waals surface area contributed by atoms with E-state index in [-0.39, 0.29) is 11.7 Å². The van der Waals surface area contributed by atoms with Crippen LogP contribution in [-0.2, 0) is 27.9 Å². The molecule has 1 N–H and O–H groups in total. The van der Waals surface area contributed by atoms with Crippen LogP contribution in [0.5, 0.6) is 0 Å². The highest BCUT2D eigenvalue weighted by atomic mass is 32.2. The van der Waals surface area contributed by atoms with Crippen LogP contribution in [0.2, 0.25) is 0 Å². The lowest BCUT2D eigenvalue weighted by Gasteiger charge is -2.06. The Balaban J connectivity index is 1.49. The van der Waals surface area contributed by atoms with Crippen LogP contribution in [0.4, 0.5) is 0 Å². The molecule has 1 atom stereocenters. The number of hydrogen-bond donors (Lipinski definition) is 1. The zero-order valence-electron chi connectivity index (χ0n) is 14.3. The molecule has 0 aliphatic heterocycles. The first-order valence-corrected chi connectivity index (χ1v) is 9.84. The summed E-state index contributed by atoms with van der Waals surface area (Å²) >= 11 is 0. The van der Waals surface area contributed by atoms with E-state index in [1.807, 2.05) is 54.6 Å². The largest absolute Gasteiger partial charge is 0.351 e. The van der Waals surface area contributed by atoms with Gasteiger partial charge >= 0.3 is 0 Å². The van der Waals surface area contributed by atoms with Gasteiger partial charge in [0.25, 0.3) is 0 Å². The van der Waals surface area contributed by atoms with Crippen molar-refractivity contribution < 1.29 is 9.00 Å². The number of rotatable bonds is 7. The number of carbonyl (C=O) groups is 1. The summed E-state index contributed by atoms with van der Waals surface area (Å²) in [4.78, 5) is 15.9.